The third-order valence-electron chi connectivity index (χ3n) is 3.29. The summed E-state index contributed by atoms with van der Waals surface area (Å²) in [6.45, 7) is 2.60. The zero-order chi connectivity index (χ0) is 17.1. The van der Waals surface area contributed by atoms with E-state index in [1.54, 1.807) is 12.1 Å². The summed E-state index contributed by atoms with van der Waals surface area (Å²) in [4.78, 5) is 10.2. The summed E-state index contributed by atoms with van der Waals surface area (Å²) in [5.41, 5.74) is 0.715. The van der Waals surface area contributed by atoms with Crippen LogP contribution in [0.25, 0.3) is 11.4 Å². The number of rotatable bonds is 6. The first-order valence-corrected chi connectivity index (χ1v) is 8.06. The van der Waals surface area contributed by atoms with Crippen molar-refractivity contribution in [2.75, 3.05) is 0 Å². The highest BCUT2D eigenvalue weighted by Gasteiger charge is 2.14. The Bertz CT molecular complexity index is 861. The highest BCUT2D eigenvalue weighted by molar-refractivity contribution is 7.98. The quantitative estimate of drug-likeness (QED) is 0.386. The van der Waals surface area contributed by atoms with E-state index in [0.29, 0.717) is 23.4 Å². The van der Waals surface area contributed by atoms with Crippen molar-refractivity contribution in [2.45, 2.75) is 24.5 Å². The van der Waals surface area contributed by atoms with E-state index >= 15 is 0 Å². The SMILES string of the molecule is CCn1c(SCn2cc([N+](=O)[O-])cn2)nnc1-c1ccc(F)cc1. The van der Waals surface area contributed by atoms with Crippen molar-refractivity contribution < 1.29 is 9.31 Å². The maximum atomic E-state index is 13.1. The first kappa shape index (κ1) is 16.1. The first-order chi connectivity index (χ1) is 11.6. The van der Waals surface area contributed by atoms with Gasteiger partial charge in [-0.2, -0.15) is 5.10 Å². The fourth-order valence-corrected chi connectivity index (χ4v) is 2.99. The Kier molecular flexibility index (Phi) is 4.56. The van der Waals surface area contributed by atoms with Gasteiger partial charge in [-0.3, -0.25) is 14.8 Å². The molecule has 0 saturated heterocycles. The molecule has 8 nitrogen and oxygen atoms in total. The number of hydrogen-bond donors (Lipinski definition) is 0. The van der Waals surface area contributed by atoms with E-state index in [1.807, 2.05) is 11.5 Å². The zero-order valence-corrected chi connectivity index (χ0v) is 13.5. The Morgan fingerprint density at radius 2 is 2.04 bits per heavy atom. The molecule has 0 fully saturated rings. The number of nitrogens with zero attached hydrogens (tertiary/aromatic N) is 6. The molecule has 0 aliphatic heterocycles. The van der Waals surface area contributed by atoms with Gasteiger partial charge < -0.3 is 4.57 Å². The first-order valence-electron chi connectivity index (χ1n) is 7.07. The number of benzene rings is 1. The van der Waals surface area contributed by atoms with Gasteiger partial charge in [-0.15, -0.1) is 10.2 Å². The Morgan fingerprint density at radius 3 is 2.67 bits per heavy atom. The van der Waals surface area contributed by atoms with Gasteiger partial charge in [-0.1, -0.05) is 11.8 Å². The van der Waals surface area contributed by atoms with Gasteiger partial charge in [-0.05, 0) is 31.2 Å². The summed E-state index contributed by atoms with van der Waals surface area (Å²) in [6, 6.07) is 6.05. The van der Waals surface area contributed by atoms with Crippen LogP contribution in [-0.2, 0) is 12.4 Å². The molecule has 1 aromatic carbocycles. The van der Waals surface area contributed by atoms with Crippen molar-refractivity contribution >= 4 is 17.4 Å². The molecule has 0 atom stereocenters. The van der Waals surface area contributed by atoms with Crippen molar-refractivity contribution in [2.24, 2.45) is 0 Å². The van der Waals surface area contributed by atoms with Crippen LogP contribution in [-0.4, -0.2) is 29.5 Å². The Hall–Kier alpha value is -2.75. The van der Waals surface area contributed by atoms with Gasteiger partial charge >= 0.3 is 5.69 Å². The molecule has 3 aromatic rings. The van der Waals surface area contributed by atoms with Crippen LogP contribution in [0.4, 0.5) is 10.1 Å². The summed E-state index contributed by atoms with van der Waals surface area (Å²) in [5.74, 6) is 0.706. The maximum absolute atomic E-state index is 13.1. The predicted octanol–water partition coefficient (Wildman–Crippen LogP) is 2.96. The second-order valence-corrected chi connectivity index (χ2v) is 5.74. The topological polar surface area (TPSA) is 91.7 Å². The lowest BCUT2D eigenvalue weighted by Gasteiger charge is -2.07. The Morgan fingerprint density at radius 1 is 1.29 bits per heavy atom. The smallest absolute Gasteiger partial charge is 0.302 e. The maximum Gasteiger partial charge on any atom is 0.307 e. The molecule has 0 spiro atoms. The minimum atomic E-state index is -0.491. The van der Waals surface area contributed by atoms with E-state index in [9.17, 15) is 14.5 Å². The number of nitro groups is 1. The van der Waals surface area contributed by atoms with Gasteiger partial charge in [0.1, 0.15) is 18.2 Å². The van der Waals surface area contributed by atoms with Crippen LogP contribution in [0.1, 0.15) is 6.92 Å². The third kappa shape index (κ3) is 3.27. The molecular formula is C14H13FN6O2S. The molecule has 0 N–H and O–H groups in total. The minimum Gasteiger partial charge on any atom is -0.302 e. The van der Waals surface area contributed by atoms with Gasteiger partial charge in [0.25, 0.3) is 0 Å². The molecule has 24 heavy (non-hydrogen) atoms. The lowest BCUT2D eigenvalue weighted by molar-refractivity contribution is -0.385. The average Bonchev–Trinajstić information content (AvgIpc) is 3.20. The number of halogens is 1. The highest BCUT2D eigenvalue weighted by atomic mass is 32.2. The standard InChI is InChI=1S/C14H13FN6O2S/c1-2-20-13(10-3-5-11(15)6-4-10)17-18-14(20)24-9-19-8-12(7-16-19)21(22)23/h3-8H,2,9H2,1H3. The average molecular weight is 348 g/mol. The lowest BCUT2D eigenvalue weighted by Crippen LogP contribution is -2.01. The normalized spacial score (nSPS) is 10.9. The molecule has 124 valence electrons. The zero-order valence-electron chi connectivity index (χ0n) is 12.7. The van der Waals surface area contributed by atoms with E-state index in [4.69, 9.17) is 0 Å². The van der Waals surface area contributed by atoms with Gasteiger partial charge in [0.15, 0.2) is 11.0 Å². The van der Waals surface area contributed by atoms with Crippen LogP contribution in [0.2, 0.25) is 0 Å². The van der Waals surface area contributed by atoms with Crippen molar-refractivity contribution in [1.29, 1.82) is 0 Å². The lowest BCUT2D eigenvalue weighted by atomic mass is 10.2. The predicted molar refractivity (Wildman–Crippen MR) is 85.8 cm³/mol. The van der Waals surface area contributed by atoms with Crippen molar-refractivity contribution in [3.63, 3.8) is 0 Å². The summed E-state index contributed by atoms with van der Waals surface area (Å²) < 4.78 is 16.4. The second-order valence-electron chi connectivity index (χ2n) is 4.83. The van der Waals surface area contributed by atoms with Crippen LogP contribution < -0.4 is 0 Å². The van der Waals surface area contributed by atoms with Crippen LogP contribution >= 0.6 is 11.8 Å². The Labute approximate surface area is 140 Å². The molecule has 2 aromatic heterocycles. The highest BCUT2D eigenvalue weighted by Crippen LogP contribution is 2.25. The number of aromatic nitrogens is 5. The number of thioether (sulfide) groups is 1. The van der Waals surface area contributed by atoms with Crippen molar-refractivity contribution in [3.8, 4) is 11.4 Å². The monoisotopic (exact) mass is 348 g/mol. The Balaban J connectivity index is 1.78. The summed E-state index contributed by atoms with van der Waals surface area (Å²) in [5, 5.41) is 23.6. The molecule has 0 amide bonds. The molecule has 3 rings (SSSR count). The molecule has 0 radical (unpaired) electrons. The van der Waals surface area contributed by atoms with Crippen LogP contribution in [0.15, 0.2) is 41.8 Å². The van der Waals surface area contributed by atoms with Crippen molar-refractivity contribution in [1.82, 2.24) is 24.5 Å². The van der Waals surface area contributed by atoms with E-state index < -0.39 is 4.92 Å². The molecular weight excluding hydrogens is 335 g/mol. The van der Waals surface area contributed by atoms with Crippen LogP contribution in [0, 0.1) is 15.9 Å². The fourth-order valence-electron chi connectivity index (χ4n) is 2.13. The second kappa shape index (κ2) is 6.79. The van der Waals surface area contributed by atoms with E-state index in [0.717, 1.165) is 5.56 Å². The van der Waals surface area contributed by atoms with E-state index in [1.165, 1.54) is 41.0 Å². The van der Waals surface area contributed by atoms with Gasteiger partial charge in [0, 0.05) is 12.1 Å². The molecule has 10 heteroatoms. The summed E-state index contributed by atoms with van der Waals surface area (Å²) in [6.07, 6.45) is 2.57. The van der Waals surface area contributed by atoms with Crippen LogP contribution in [0.3, 0.4) is 0 Å². The summed E-state index contributed by atoms with van der Waals surface area (Å²) in [7, 11) is 0. The van der Waals surface area contributed by atoms with Gasteiger partial charge in [0.05, 0.1) is 10.8 Å². The van der Waals surface area contributed by atoms with E-state index in [-0.39, 0.29) is 11.5 Å². The molecule has 0 bridgehead atoms. The molecule has 2 heterocycles. The van der Waals surface area contributed by atoms with Gasteiger partial charge in [-0.25, -0.2) is 4.39 Å². The molecule has 0 aliphatic carbocycles. The molecule has 0 aliphatic rings. The summed E-state index contributed by atoms with van der Waals surface area (Å²) >= 11 is 1.36. The third-order valence-corrected chi connectivity index (χ3v) is 4.25. The van der Waals surface area contributed by atoms with Crippen molar-refractivity contribution in [3.05, 3.63) is 52.6 Å². The van der Waals surface area contributed by atoms with Gasteiger partial charge in [0.2, 0.25) is 0 Å². The number of hydrogen-bond acceptors (Lipinski definition) is 6. The minimum absolute atomic E-state index is 0.0560. The fraction of sp³-hybridized carbons (Fsp3) is 0.214. The largest absolute Gasteiger partial charge is 0.307 e. The van der Waals surface area contributed by atoms with E-state index in [2.05, 4.69) is 15.3 Å². The molecule has 0 saturated carbocycles. The molecule has 0 unspecified atom stereocenters. The van der Waals surface area contributed by atoms with Crippen LogP contribution in [0.5, 0.6) is 0 Å².